The summed E-state index contributed by atoms with van der Waals surface area (Å²) < 4.78 is 5.98. The van der Waals surface area contributed by atoms with Gasteiger partial charge in [-0.15, -0.1) is 0 Å². The van der Waals surface area contributed by atoms with Crippen LogP contribution in [0.2, 0.25) is 0 Å². The van der Waals surface area contributed by atoms with Crippen LogP contribution in [0, 0.1) is 0 Å². The Morgan fingerprint density at radius 1 is 1.42 bits per heavy atom. The number of hydrogen-bond donors (Lipinski definition) is 1. The normalized spacial score (nSPS) is 24.3. The van der Waals surface area contributed by atoms with Crippen LogP contribution in [0.1, 0.15) is 45.7 Å². The third-order valence-electron chi connectivity index (χ3n) is 3.69. The highest BCUT2D eigenvalue weighted by Gasteiger charge is 2.32. The number of hydrogen-bond acceptors (Lipinski definition) is 3. The quantitative estimate of drug-likeness (QED) is 0.909. The molecule has 19 heavy (non-hydrogen) atoms. The average molecular weight is 262 g/mol. The fourth-order valence-corrected chi connectivity index (χ4v) is 2.95. The molecule has 3 heteroatoms. The van der Waals surface area contributed by atoms with Gasteiger partial charge in [-0.25, -0.2) is 0 Å². The van der Waals surface area contributed by atoms with Crippen LogP contribution >= 0.6 is 0 Å². The van der Waals surface area contributed by atoms with Crippen LogP contribution in [0.3, 0.4) is 0 Å². The molecular weight excluding hydrogens is 236 g/mol. The molecule has 0 saturated carbocycles. The minimum atomic E-state index is -0.110. The SMILES string of the molecule is CCC(N)c1ccccc1N1CC(C)OC(C)(C)C1. The van der Waals surface area contributed by atoms with E-state index < -0.39 is 0 Å². The molecule has 1 fully saturated rings. The van der Waals surface area contributed by atoms with E-state index in [1.807, 2.05) is 0 Å². The number of morpholine rings is 1. The molecule has 3 nitrogen and oxygen atoms in total. The Kier molecular flexibility index (Phi) is 4.16. The van der Waals surface area contributed by atoms with Crippen molar-refractivity contribution in [3.05, 3.63) is 29.8 Å². The average Bonchev–Trinajstić information content (AvgIpc) is 2.35. The minimum absolute atomic E-state index is 0.109. The molecule has 0 aromatic heterocycles. The van der Waals surface area contributed by atoms with E-state index in [9.17, 15) is 0 Å². The number of anilines is 1. The van der Waals surface area contributed by atoms with Crippen LogP contribution in [0.5, 0.6) is 0 Å². The van der Waals surface area contributed by atoms with Crippen molar-refractivity contribution in [3.8, 4) is 0 Å². The van der Waals surface area contributed by atoms with Gasteiger partial charge in [0.15, 0.2) is 0 Å². The topological polar surface area (TPSA) is 38.5 Å². The summed E-state index contributed by atoms with van der Waals surface area (Å²) in [5, 5.41) is 0. The van der Waals surface area contributed by atoms with Crippen LogP contribution < -0.4 is 10.6 Å². The van der Waals surface area contributed by atoms with Crippen molar-refractivity contribution in [2.75, 3.05) is 18.0 Å². The maximum Gasteiger partial charge on any atom is 0.0805 e. The Balaban J connectivity index is 2.31. The first-order chi connectivity index (χ1) is 8.93. The van der Waals surface area contributed by atoms with E-state index >= 15 is 0 Å². The lowest BCUT2D eigenvalue weighted by atomic mass is 9.99. The van der Waals surface area contributed by atoms with Gasteiger partial charge in [-0.05, 0) is 38.8 Å². The first kappa shape index (κ1) is 14.4. The van der Waals surface area contributed by atoms with Crippen LogP contribution in [-0.4, -0.2) is 24.8 Å². The molecule has 2 atom stereocenters. The van der Waals surface area contributed by atoms with E-state index in [2.05, 4.69) is 56.9 Å². The number of ether oxygens (including phenoxy) is 1. The second-order valence-corrected chi connectivity index (χ2v) is 6.14. The fourth-order valence-electron chi connectivity index (χ4n) is 2.95. The van der Waals surface area contributed by atoms with Crippen LogP contribution in [0.25, 0.3) is 0 Å². The lowest BCUT2D eigenvalue weighted by Crippen LogP contribution is -2.52. The predicted octanol–water partition coefficient (Wildman–Crippen LogP) is 3.10. The van der Waals surface area contributed by atoms with Gasteiger partial charge < -0.3 is 15.4 Å². The smallest absolute Gasteiger partial charge is 0.0805 e. The molecule has 0 bridgehead atoms. The highest BCUT2D eigenvalue weighted by Crippen LogP contribution is 2.31. The number of nitrogens with two attached hydrogens (primary N) is 1. The van der Waals surface area contributed by atoms with Crippen molar-refractivity contribution in [1.82, 2.24) is 0 Å². The van der Waals surface area contributed by atoms with Gasteiger partial charge in [0.25, 0.3) is 0 Å². The Morgan fingerprint density at radius 2 is 2.11 bits per heavy atom. The standard InChI is InChI=1S/C16H26N2O/c1-5-14(17)13-8-6-7-9-15(13)18-10-12(2)19-16(3,4)11-18/h6-9,12,14H,5,10-11,17H2,1-4H3. The van der Waals surface area contributed by atoms with E-state index in [0.29, 0.717) is 0 Å². The number of nitrogens with zero attached hydrogens (tertiary/aromatic N) is 1. The second kappa shape index (κ2) is 5.51. The van der Waals surface area contributed by atoms with Gasteiger partial charge in [0.2, 0.25) is 0 Å². The van der Waals surface area contributed by atoms with Crippen LogP contribution in [-0.2, 0) is 4.74 Å². The Labute approximate surface area is 116 Å². The van der Waals surface area contributed by atoms with Gasteiger partial charge in [0.05, 0.1) is 11.7 Å². The highest BCUT2D eigenvalue weighted by molar-refractivity contribution is 5.55. The van der Waals surface area contributed by atoms with Crippen LogP contribution in [0.15, 0.2) is 24.3 Å². The zero-order chi connectivity index (χ0) is 14.0. The molecule has 106 valence electrons. The maximum atomic E-state index is 6.25. The maximum absolute atomic E-state index is 6.25. The van der Waals surface area contributed by atoms with Crippen molar-refractivity contribution in [2.45, 2.75) is 51.9 Å². The first-order valence-electron chi connectivity index (χ1n) is 7.20. The summed E-state index contributed by atoms with van der Waals surface area (Å²) in [4.78, 5) is 2.42. The van der Waals surface area contributed by atoms with Crippen LogP contribution in [0.4, 0.5) is 5.69 Å². The van der Waals surface area contributed by atoms with Gasteiger partial charge >= 0.3 is 0 Å². The minimum Gasteiger partial charge on any atom is -0.369 e. The lowest BCUT2D eigenvalue weighted by molar-refractivity contribution is -0.0750. The fraction of sp³-hybridized carbons (Fsp3) is 0.625. The summed E-state index contributed by atoms with van der Waals surface area (Å²) in [7, 11) is 0. The molecule has 0 spiro atoms. The van der Waals surface area contributed by atoms with E-state index in [-0.39, 0.29) is 17.7 Å². The van der Waals surface area contributed by atoms with Crippen molar-refractivity contribution in [3.63, 3.8) is 0 Å². The van der Waals surface area contributed by atoms with E-state index in [1.165, 1.54) is 11.3 Å². The van der Waals surface area contributed by atoms with E-state index in [1.54, 1.807) is 0 Å². The molecule has 0 amide bonds. The molecule has 0 aliphatic carbocycles. The highest BCUT2D eigenvalue weighted by atomic mass is 16.5. The van der Waals surface area contributed by atoms with Crippen molar-refractivity contribution < 1.29 is 4.74 Å². The zero-order valence-corrected chi connectivity index (χ0v) is 12.5. The Morgan fingerprint density at radius 3 is 2.74 bits per heavy atom. The van der Waals surface area contributed by atoms with Crippen molar-refractivity contribution >= 4 is 5.69 Å². The molecule has 1 aliphatic rings. The van der Waals surface area contributed by atoms with Gasteiger partial charge in [0.1, 0.15) is 0 Å². The Hall–Kier alpha value is -1.06. The molecular formula is C16H26N2O. The third kappa shape index (κ3) is 3.28. The predicted molar refractivity (Wildman–Crippen MR) is 80.5 cm³/mol. The summed E-state index contributed by atoms with van der Waals surface area (Å²) in [6.07, 6.45) is 1.20. The molecule has 1 aromatic rings. The number of para-hydroxylation sites is 1. The summed E-state index contributed by atoms with van der Waals surface area (Å²) in [6, 6.07) is 8.60. The summed E-state index contributed by atoms with van der Waals surface area (Å²) >= 11 is 0. The molecule has 1 heterocycles. The summed E-state index contributed by atoms with van der Waals surface area (Å²) in [5.74, 6) is 0. The molecule has 2 rings (SSSR count). The monoisotopic (exact) mass is 262 g/mol. The summed E-state index contributed by atoms with van der Waals surface area (Å²) in [5.41, 5.74) is 8.65. The third-order valence-corrected chi connectivity index (χ3v) is 3.69. The second-order valence-electron chi connectivity index (χ2n) is 6.14. The number of rotatable bonds is 3. The van der Waals surface area contributed by atoms with Gasteiger partial charge in [0, 0.05) is 24.8 Å². The molecule has 2 N–H and O–H groups in total. The molecule has 2 unspecified atom stereocenters. The zero-order valence-electron chi connectivity index (χ0n) is 12.5. The molecule has 1 saturated heterocycles. The lowest BCUT2D eigenvalue weighted by Gasteiger charge is -2.43. The van der Waals surface area contributed by atoms with Crippen molar-refractivity contribution in [1.29, 1.82) is 0 Å². The van der Waals surface area contributed by atoms with Crippen molar-refractivity contribution in [2.24, 2.45) is 5.73 Å². The van der Waals surface area contributed by atoms with E-state index in [4.69, 9.17) is 10.5 Å². The van der Waals surface area contributed by atoms with E-state index in [0.717, 1.165) is 19.5 Å². The molecule has 0 radical (unpaired) electrons. The summed E-state index contributed by atoms with van der Waals surface area (Å²) in [6.45, 7) is 10.4. The van der Waals surface area contributed by atoms with Gasteiger partial charge in [-0.1, -0.05) is 25.1 Å². The van der Waals surface area contributed by atoms with Gasteiger partial charge in [-0.3, -0.25) is 0 Å². The largest absolute Gasteiger partial charge is 0.369 e. The molecule has 1 aliphatic heterocycles. The number of benzene rings is 1. The first-order valence-corrected chi connectivity index (χ1v) is 7.20. The Bertz CT molecular complexity index is 431. The molecule has 1 aromatic carbocycles. The van der Waals surface area contributed by atoms with Gasteiger partial charge in [-0.2, -0.15) is 0 Å².